The Hall–Kier alpha value is -3.10. The largest absolute Gasteiger partial charge is 0.484 e. The van der Waals surface area contributed by atoms with E-state index in [1.807, 2.05) is 36.4 Å². The highest BCUT2D eigenvalue weighted by molar-refractivity contribution is 7.89. The first kappa shape index (κ1) is 19.7. The lowest BCUT2D eigenvalue weighted by atomic mass is 10.1. The summed E-state index contributed by atoms with van der Waals surface area (Å²) in [6.07, 6.45) is 0. The van der Waals surface area contributed by atoms with Gasteiger partial charge in [0.25, 0.3) is 5.91 Å². The van der Waals surface area contributed by atoms with Crippen molar-refractivity contribution in [2.75, 3.05) is 30.9 Å². The SMILES string of the molecule is CN(C)c1ccc(S(N)(=O)=O)cc1NC(=O)COc1ccc2ccccc2c1. The number of nitrogens with two attached hydrogens (primary N) is 1. The van der Waals surface area contributed by atoms with Crippen LogP contribution in [-0.4, -0.2) is 35.0 Å². The number of fused-ring (bicyclic) bond motifs is 1. The quantitative estimate of drug-likeness (QED) is 0.663. The van der Waals surface area contributed by atoms with Crippen molar-refractivity contribution in [3.05, 3.63) is 60.7 Å². The molecule has 0 aliphatic carbocycles. The second-order valence-electron chi connectivity index (χ2n) is 6.46. The van der Waals surface area contributed by atoms with Gasteiger partial charge in [0.1, 0.15) is 5.75 Å². The van der Waals surface area contributed by atoms with E-state index in [9.17, 15) is 13.2 Å². The number of sulfonamides is 1. The number of primary sulfonamides is 1. The molecule has 0 bridgehead atoms. The van der Waals surface area contributed by atoms with E-state index in [4.69, 9.17) is 9.88 Å². The minimum absolute atomic E-state index is 0.0798. The maximum Gasteiger partial charge on any atom is 0.262 e. The molecule has 0 unspecified atom stereocenters. The van der Waals surface area contributed by atoms with Crippen molar-refractivity contribution in [3.8, 4) is 5.75 Å². The number of hydrogen-bond donors (Lipinski definition) is 2. The molecule has 0 radical (unpaired) electrons. The van der Waals surface area contributed by atoms with E-state index < -0.39 is 15.9 Å². The van der Waals surface area contributed by atoms with Crippen LogP contribution in [0.4, 0.5) is 11.4 Å². The monoisotopic (exact) mass is 399 g/mol. The van der Waals surface area contributed by atoms with Crippen LogP contribution < -0.4 is 20.1 Å². The normalized spacial score (nSPS) is 11.2. The van der Waals surface area contributed by atoms with Crippen LogP contribution in [-0.2, 0) is 14.8 Å². The van der Waals surface area contributed by atoms with Gasteiger partial charge in [-0.05, 0) is 41.1 Å². The lowest BCUT2D eigenvalue weighted by Gasteiger charge is -2.19. The van der Waals surface area contributed by atoms with E-state index in [-0.39, 0.29) is 11.5 Å². The van der Waals surface area contributed by atoms with Crippen LogP contribution in [0.15, 0.2) is 65.6 Å². The summed E-state index contributed by atoms with van der Waals surface area (Å²) in [6, 6.07) is 17.7. The first-order chi connectivity index (χ1) is 13.2. The molecule has 0 fully saturated rings. The number of amides is 1. The average Bonchev–Trinajstić information content (AvgIpc) is 2.65. The number of rotatable bonds is 6. The van der Waals surface area contributed by atoms with Crippen molar-refractivity contribution in [2.45, 2.75) is 4.90 Å². The maximum atomic E-state index is 12.3. The standard InChI is InChI=1S/C20H21N3O4S/c1-23(2)19-10-9-17(28(21,25)26)12-18(19)22-20(24)13-27-16-8-7-14-5-3-4-6-15(14)11-16/h3-12H,13H2,1-2H3,(H,22,24)(H2,21,25,26). The highest BCUT2D eigenvalue weighted by Gasteiger charge is 2.15. The van der Waals surface area contributed by atoms with Gasteiger partial charge in [-0.1, -0.05) is 30.3 Å². The zero-order valence-corrected chi connectivity index (χ0v) is 16.4. The topological polar surface area (TPSA) is 102 Å². The predicted octanol–water partition coefficient (Wildman–Crippen LogP) is 2.57. The summed E-state index contributed by atoms with van der Waals surface area (Å²) in [5.41, 5.74) is 0.982. The molecule has 8 heteroatoms. The van der Waals surface area contributed by atoms with Crippen LogP contribution in [0.3, 0.4) is 0 Å². The van der Waals surface area contributed by atoms with Crippen molar-refractivity contribution in [3.63, 3.8) is 0 Å². The molecular weight excluding hydrogens is 378 g/mol. The lowest BCUT2D eigenvalue weighted by molar-refractivity contribution is -0.118. The molecule has 28 heavy (non-hydrogen) atoms. The second-order valence-corrected chi connectivity index (χ2v) is 8.03. The predicted molar refractivity (Wildman–Crippen MR) is 110 cm³/mol. The van der Waals surface area contributed by atoms with E-state index in [1.54, 1.807) is 31.1 Å². The molecule has 0 heterocycles. The fraction of sp³-hybridized carbons (Fsp3) is 0.150. The van der Waals surface area contributed by atoms with E-state index in [0.717, 1.165) is 10.8 Å². The van der Waals surface area contributed by atoms with E-state index in [0.29, 0.717) is 17.1 Å². The molecule has 7 nitrogen and oxygen atoms in total. The molecule has 0 saturated heterocycles. The van der Waals surface area contributed by atoms with Gasteiger partial charge < -0.3 is 15.0 Å². The van der Waals surface area contributed by atoms with Gasteiger partial charge in [-0.2, -0.15) is 0 Å². The maximum absolute atomic E-state index is 12.3. The molecule has 3 aromatic rings. The summed E-state index contributed by atoms with van der Waals surface area (Å²) in [5, 5.41) is 9.96. The highest BCUT2D eigenvalue weighted by Crippen LogP contribution is 2.27. The van der Waals surface area contributed by atoms with Crippen LogP contribution in [0.5, 0.6) is 5.75 Å². The third-order valence-corrected chi connectivity index (χ3v) is 5.05. The molecule has 3 rings (SSSR count). The van der Waals surface area contributed by atoms with Gasteiger partial charge in [-0.25, -0.2) is 13.6 Å². The van der Waals surface area contributed by atoms with Gasteiger partial charge >= 0.3 is 0 Å². The molecule has 0 saturated carbocycles. The number of carbonyl (C=O) groups excluding carboxylic acids is 1. The summed E-state index contributed by atoms with van der Waals surface area (Å²) in [4.78, 5) is 14.0. The number of anilines is 2. The minimum atomic E-state index is -3.88. The zero-order chi connectivity index (χ0) is 20.3. The summed E-state index contributed by atoms with van der Waals surface area (Å²) in [7, 11) is -0.311. The number of hydrogen-bond acceptors (Lipinski definition) is 5. The Bertz CT molecular complexity index is 1130. The van der Waals surface area contributed by atoms with Gasteiger partial charge in [0.2, 0.25) is 10.0 Å². The number of nitrogens with zero attached hydrogens (tertiary/aromatic N) is 1. The molecule has 1 amide bonds. The van der Waals surface area contributed by atoms with Gasteiger partial charge in [0.15, 0.2) is 6.61 Å². The van der Waals surface area contributed by atoms with Crippen LogP contribution >= 0.6 is 0 Å². The third-order valence-electron chi connectivity index (χ3n) is 4.14. The van der Waals surface area contributed by atoms with Crippen molar-refractivity contribution < 1.29 is 17.9 Å². The van der Waals surface area contributed by atoms with E-state index in [2.05, 4.69) is 5.32 Å². The van der Waals surface area contributed by atoms with Crippen LogP contribution in [0.1, 0.15) is 0 Å². The Kier molecular flexibility index (Phi) is 5.53. The van der Waals surface area contributed by atoms with Gasteiger partial charge in [0.05, 0.1) is 16.3 Å². The van der Waals surface area contributed by atoms with Crippen molar-refractivity contribution in [1.82, 2.24) is 0 Å². The molecule has 0 atom stereocenters. The van der Waals surface area contributed by atoms with Crippen LogP contribution in [0.2, 0.25) is 0 Å². The lowest BCUT2D eigenvalue weighted by Crippen LogP contribution is -2.23. The van der Waals surface area contributed by atoms with Gasteiger partial charge in [-0.15, -0.1) is 0 Å². The minimum Gasteiger partial charge on any atom is -0.484 e. The van der Waals surface area contributed by atoms with Crippen LogP contribution in [0, 0.1) is 0 Å². The Labute approximate surface area is 163 Å². The first-order valence-corrected chi connectivity index (χ1v) is 10.0. The molecule has 0 aliphatic heterocycles. The second kappa shape index (κ2) is 7.87. The number of nitrogens with one attached hydrogen (secondary N) is 1. The van der Waals surface area contributed by atoms with Gasteiger partial charge in [0, 0.05) is 14.1 Å². The molecule has 3 aromatic carbocycles. The Morgan fingerprint density at radius 2 is 1.75 bits per heavy atom. The Balaban J connectivity index is 1.74. The smallest absolute Gasteiger partial charge is 0.262 e. The average molecular weight is 399 g/mol. The molecule has 0 spiro atoms. The number of benzene rings is 3. The fourth-order valence-electron chi connectivity index (χ4n) is 2.77. The highest BCUT2D eigenvalue weighted by atomic mass is 32.2. The molecule has 146 valence electrons. The fourth-order valence-corrected chi connectivity index (χ4v) is 3.31. The zero-order valence-electron chi connectivity index (χ0n) is 15.5. The molecular formula is C20H21N3O4S. The van der Waals surface area contributed by atoms with Crippen molar-refractivity contribution >= 4 is 38.1 Å². The van der Waals surface area contributed by atoms with E-state index in [1.165, 1.54) is 12.1 Å². The number of carbonyl (C=O) groups is 1. The third kappa shape index (κ3) is 4.59. The summed E-state index contributed by atoms with van der Waals surface area (Å²) < 4.78 is 28.8. The van der Waals surface area contributed by atoms with Crippen molar-refractivity contribution in [1.29, 1.82) is 0 Å². The molecule has 3 N–H and O–H groups in total. The van der Waals surface area contributed by atoms with Gasteiger partial charge in [-0.3, -0.25) is 4.79 Å². The molecule has 0 aliphatic rings. The Morgan fingerprint density at radius 3 is 2.43 bits per heavy atom. The molecule has 0 aromatic heterocycles. The van der Waals surface area contributed by atoms with E-state index >= 15 is 0 Å². The number of ether oxygens (including phenoxy) is 1. The first-order valence-electron chi connectivity index (χ1n) is 8.50. The van der Waals surface area contributed by atoms with Crippen LogP contribution in [0.25, 0.3) is 10.8 Å². The summed E-state index contributed by atoms with van der Waals surface area (Å²) in [5.74, 6) is 0.155. The summed E-state index contributed by atoms with van der Waals surface area (Å²) >= 11 is 0. The summed E-state index contributed by atoms with van der Waals surface area (Å²) in [6.45, 7) is -0.217. The van der Waals surface area contributed by atoms with Crippen molar-refractivity contribution in [2.24, 2.45) is 5.14 Å². The Morgan fingerprint density at radius 1 is 1.04 bits per heavy atom.